The first-order chi connectivity index (χ1) is 6.27. The summed E-state index contributed by atoms with van der Waals surface area (Å²) in [6.07, 6.45) is 2.09. The zero-order chi connectivity index (χ0) is 9.31. The lowest BCUT2D eigenvalue weighted by Gasteiger charge is -2.11. The molecule has 1 aliphatic rings. The summed E-state index contributed by atoms with van der Waals surface area (Å²) in [5, 5.41) is 12.6. The third kappa shape index (κ3) is 1.20. The Morgan fingerprint density at radius 3 is 3.08 bits per heavy atom. The van der Waals surface area contributed by atoms with E-state index in [9.17, 15) is 0 Å². The molecule has 66 valence electrons. The molecular weight excluding hydrogens is 190 g/mol. The SMILES string of the molecule is Cc1noc([N+]2(C#N)CN=CS2)n1. The van der Waals surface area contributed by atoms with Crippen LogP contribution >= 0.6 is 11.9 Å². The molecule has 0 saturated carbocycles. The largest absolute Gasteiger partial charge is 0.456 e. The van der Waals surface area contributed by atoms with Gasteiger partial charge >= 0.3 is 12.2 Å². The lowest BCUT2D eigenvalue weighted by atomic mass is 10.7. The van der Waals surface area contributed by atoms with Gasteiger partial charge in [0, 0.05) is 0 Å². The highest BCUT2D eigenvalue weighted by molar-refractivity contribution is 8.12. The van der Waals surface area contributed by atoms with Crippen LogP contribution in [0.25, 0.3) is 0 Å². The van der Waals surface area contributed by atoms with Crippen molar-refractivity contribution in [2.24, 2.45) is 4.99 Å². The molecule has 1 aliphatic heterocycles. The van der Waals surface area contributed by atoms with Crippen LogP contribution < -0.4 is 3.89 Å². The predicted octanol–water partition coefficient (Wildman–Crippen LogP) is 0.814. The van der Waals surface area contributed by atoms with Gasteiger partial charge in [-0.3, -0.25) is 4.52 Å². The zero-order valence-electron chi connectivity index (χ0n) is 6.84. The van der Waals surface area contributed by atoms with Gasteiger partial charge in [-0.2, -0.15) is 0 Å². The molecule has 0 amide bonds. The van der Waals surface area contributed by atoms with Crippen LogP contribution in [0, 0.1) is 18.4 Å². The van der Waals surface area contributed by atoms with E-state index in [0.717, 1.165) is 0 Å². The summed E-state index contributed by atoms with van der Waals surface area (Å²) in [6.45, 7) is 2.03. The van der Waals surface area contributed by atoms with E-state index < -0.39 is 0 Å². The van der Waals surface area contributed by atoms with Crippen LogP contribution in [0.5, 0.6) is 0 Å². The fourth-order valence-corrected chi connectivity index (χ4v) is 1.57. The topological polar surface area (TPSA) is 75.1 Å². The highest BCUT2D eigenvalue weighted by atomic mass is 32.2. The molecule has 0 aromatic carbocycles. The molecule has 0 bridgehead atoms. The number of aromatic nitrogens is 2. The van der Waals surface area contributed by atoms with Crippen molar-refractivity contribution in [2.75, 3.05) is 6.67 Å². The van der Waals surface area contributed by atoms with Crippen molar-refractivity contribution in [3.8, 4) is 6.19 Å². The van der Waals surface area contributed by atoms with Crippen LogP contribution in [0.15, 0.2) is 9.52 Å². The van der Waals surface area contributed by atoms with Crippen molar-refractivity contribution in [1.29, 1.82) is 5.26 Å². The molecule has 2 heterocycles. The number of quaternary nitrogens is 1. The van der Waals surface area contributed by atoms with Gasteiger partial charge in [-0.25, -0.2) is 4.99 Å². The first-order valence-corrected chi connectivity index (χ1v) is 4.37. The number of hydrogen-bond acceptors (Lipinski definition) is 6. The van der Waals surface area contributed by atoms with Gasteiger partial charge in [0.2, 0.25) is 6.67 Å². The second kappa shape index (κ2) is 2.83. The molecule has 1 unspecified atom stereocenters. The monoisotopic (exact) mass is 196 g/mol. The van der Waals surface area contributed by atoms with Crippen LogP contribution in [0.1, 0.15) is 5.82 Å². The molecule has 7 heteroatoms. The fraction of sp³-hybridized carbons (Fsp3) is 0.333. The molecule has 1 aromatic heterocycles. The molecular formula is C6H6N5OS+. The van der Waals surface area contributed by atoms with Crippen LogP contribution in [0.3, 0.4) is 0 Å². The predicted molar refractivity (Wildman–Crippen MR) is 47.4 cm³/mol. The van der Waals surface area contributed by atoms with Crippen molar-refractivity contribution in [2.45, 2.75) is 6.92 Å². The van der Waals surface area contributed by atoms with Crippen molar-refractivity contribution >= 4 is 23.5 Å². The van der Waals surface area contributed by atoms with E-state index in [-0.39, 0.29) is 9.90 Å². The Morgan fingerprint density at radius 1 is 1.77 bits per heavy atom. The Bertz CT molecular complexity index is 384. The first-order valence-electron chi connectivity index (χ1n) is 3.54. The Hall–Kier alpha value is -1.39. The van der Waals surface area contributed by atoms with Gasteiger partial charge in [-0.15, -0.1) is 10.2 Å². The van der Waals surface area contributed by atoms with E-state index in [1.54, 1.807) is 12.5 Å². The lowest BCUT2D eigenvalue weighted by Crippen LogP contribution is -2.34. The molecule has 1 aromatic rings. The number of hydrogen-bond donors (Lipinski definition) is 0. The molecule has 0 aliphatic carbocycles. The van der Waals surface area contributed by atoms with Crippen molar-refractivity contribution in [3.63, 3.8) is 0 Å². The standard InChI is InChI=1S/C6H6N5OS/c1-5-9-6(12-10-5)11(2-7)3-8-4-13-11/h4H,3H2,1H3/q+1. The Morgan fingerprint density at radius 2 is 2.62 bits per heavy atom. The summed E-state index contributed by atoms with van der Waals surface area (Å²) in [4.78, 5) is 7.96. The molecule has 6 nitrogen and oxygen atoms in total. The van der Waals surface area contributed by atoms with Crippen LogP contribution in [-0.4, -0.2) is 22.4 Å². The van der Waals surface area contributed by atoms with Crippen LogP contribution in [0.2, 0.25) is 0 Å². The zero-order valence-corrected chi connectivity index (χ0v) is 7.65. The molecule has 0 N–H and O–H groups in total. The Kier molecular flexibility index (Phi) is 1.79. The van der Waals surface area contributed by atoms with Crippen molar-refractivity contribution < 1.29 is 4.52 Å². The van der Waals surface area contributed by atoms with E-state index in [0.29, 0.717) is 12.5 Å². The fourth-order valence-electron chi connectivity index (χ4n) is 0.932. The van der Waals surface area contributed by atoms with Crippen molar-refractivity contribution in [3.05, 3.63) is 5.82 Å². The summed E-state index contributed by atoms with van der Waals surface area (Å²) >= 11 is 1.24. The average Bonchev–Trinajstić information content (AvgIpc) is 2.73. The van der Waals surface area contributed by atoms with Gasteiger partial charge in [0.15, 0.2) is 17.8 Å². The first kappa shape index (κ1) is 8.22. The molecule has 2 rings (SSSR count). The van der Waals surface area contributed by atoms with E-state index in [1.165, 1.54) is 11.9 Å². The summed E-state index contributed by atoms with van der Waals surface area (Å²) in [5.41, 5.74) is 1.61. The minimum atomic E-state index is -0.110. The van der Waals surface area contributed by atoms with Gasteiger partial charge in [-0.05, 0) is 6.92 Å². The van der Waals surface area contributed by atoms with Gasteiger partial charge < -0.3 is 0 Å². The Labute approximate surface area is 78.6 Å². The number of aryl methyl sites for hydroxylation is 1. The van der Waals surface area contributed by atoms with Gasteiger partial charge in [0.05, 0.1) is 0 Å². The number of nitrogens with zero attached hydrogens (tertiary/aromatic N) is 5. The van der Waals surface area contributed by atoms with Crippen molar-refractivity contribution in [1.82, 2.24) is 14.0 Å². The third-order valence-electron chi connectivity index (χ3n) is 1.57. The summed E-state index contributed by atoms with van der Waals surface area (Å²) in [6, 6.07) is 0.280. The van der Waals surface area contributed by atoms with Crippen LogP contribution in [0.4, 0.5) is 6.01 Å². The van der Waals surface area contributed by atoms with Gasteiger partial charge in [0.1, 0.15) is 5.55 Å². The van der Waals surface area contributed by atoms with E-state index in [1.807, 2.05) is 0 Å². The highest BCUT2D eigenvalue weighted by Gasteiger charge is 2.42. The second-order valence-electron chi connectivity index (χ2n) is 2.50. The summed E-state index contributed by atoms with van der Waals surface area (Å²) in [7, 11) is 0. The molecule has 0 saturated heterocycles. The number of rotatable bonds is 1. The quantitative estimate of drug-likeness (QED) is 0.377. The molecule has 0 spiro atoms. The maximum atomic E-state index is 8.97. The number of nitriles is 1. The highest BCUT2D eigenvalue weighted by Crippen LogP contribution is 2.31. The molecule has 1 atom stereocenters. The van der Waals surface area contributed by atoms with Gasteiger partial charge in [-0.1, -0.05) is 9.05 Å². The van der Waals surface area contributed by atoms with E-state index >= 15 is 0 Å². The smallest absolute Gasteiger partial charge is 0.281 e. The average molecular weight is 196 g/mol. The van der Waals surface area contributed by atoms with Crippen LogP contribution in [-0.2, 0) is 0 Å². The normalized spacial score (nSPS) is 26.2. The molecule has 13 heavy (non-hydrogen) atoms. The minimum Gasteiger partial charge on any atom is -0.281 e. The minimum absolute atomic E-state index is 0.110. The second-order valence-corrected chi connectivity index (χ2v) is 3.54. The number of aliphatic imine (C=N–C) groups is 1. The van der Waals surface area contributed by atoms with E-state index in [4.69, 9.17) is 9.78 Å². The summed E-state index contributed by atoms with van der Waals surface area (Å²) < 4.78 is 4.82. The van der Waals surface area contributed by atoms with E-state index in [2.05, 4.69) is 21.3 Å². The molecule has 0 fully saturated rings. The maximum absolute atomic E-state index is 8.97. The Balaban J connectivity index is 2.39. The summed E-state index contributed by atoms with van der Waals surface area (Å²) in [5.74, 6) is 0.523. The third-order valence-corrected chi connectivity index (χ3v) is 2.53. The molecule has 0 radical (unpaired) electrons. The van der Waals surface area contributed by atoms with Gasteiger partial charge in [0.25, 0.3) is 0 Å². The lowest BCUT2D eigenvalue weighted by molar-refractivity contribution is 0.370. The maximum Gasteiger partial charge on any atom is 0.456 e.